The summed E-state index contributed by atoms with van der Waals surface area (Å²) < 4.78 is 23.4. The van der Waals surface area contributed by atoms with Crippen molar-refractivity contribution in [1.29, 1.82) is 0 Å². The van der Waals surface area contributed by atoms with Crippen LogP contribution in [0.2, 0.25) is 0 Å². The van der Waals surface area contributed by atoms with Crippen LogP contribution >= 0.6 is 24.0 Å². The standard InChI is InChI=1S/C18H28N4O3S.HI/c1-4-19-18(21-10-9-20-17(23)15-6-7-15)22-12-14-5-8-16(13(2)11-14)26(3,24)25;/h5,8,11,15H,4,6-7,9-10,12H2,1-3H3,(H,20,23)(H2,19,21,22);1H. The van der Waals surface area contributed by atoms with Crippen LogP contribution in [0.15, 0.2) is 28.1 Å². The van der Waals surface area contributed by atoms with Crippen LogP contribution in [0.4, 0.5) is 0 Å². The fourth-order valence-corrected chi connectivity index (χ4v) is 3.55. The zero-order valence-electron chi connectivity index (χ0n) is 16.0. The Morgan fingerprint density at radius 2 is 1.85 bits per heavy atom. The summed E-state index contributed by atoms with van der Waals surface area (Å²) in [5, 5.41) is 9.24. The predicted octanol–water partition coefficient (Wildman–Crippen LogP) is 1.60. The minimum Gasteiger partial charge on any atom is -0.357 e. The Hall–Kier alpha value is -1.36. The molecule has 1 aliphatic carbocycles. The highest BCUT2D eigenvalue weighted by atomic mass is 127. The Morgan fingerprint density at radius 1 is 1.19 bits per heavy atom. The Labute approximate surface area is 178 Å². The molecule has 152 valence electrons. The van der Waals surface area contributed by atoms with Crippen molar-refractivity contribution in [3.05, 3.63) is 29.3 Å². The quantitative estimate of drug-likeness (QED) is 0.215. The monoisotopic (exact) mass is 508 g/mol. The molecule has 0 aliphatic heterocycles. The number of hydrogen-bond acceptors (Lipinski definition) is 4. The lowest BCUT2D eigenvalue weighted by atomic mass is 10.1. The fraction of sp³-hybridized carbons (Fsp3) is 0.556. The largest absolute Gasteiger partial charge is 0.357 e. The number of nitrogens with zero attached hydrogens (tertiary/aromatic N) is 1. The first-order valence-corrected chi connectivity index (χ1v) is 10.8. The van der Waals surface area contributed by atoms with E-state index in [0.29, 0.717) is 30.5 Å². The van der Waals surface area contributed by atoms with Crippen molar-refractivity contribution in [2.24, 2.45) is 10.9 Å². The summed E-state index contributed by atoms with van der Waals surface area (Å²) in [6.07, 6.45) is 3.21. The first-order chi connectivity index (χ1) is 12.3. The van der Waals surface area contributed by atoms with Gasteiger partial charge in [-0.3, -0.25) is 4.79 Å². The third-order valence-electron chi connectivity index (χ3n) is 4.07. The number of amides is 1. The molecule has 2 rings (SSSR count). The normalized spacial score (nSPS) is 14.3. The Balaban J connectivity index is 0.00000364. The van der Waals surface area contributed by atoms with Crippen molar-refractivity contribution in [3.63, 3.8) is 0 Å². The molecule has 7 nitrogen and oxygen atoms in total. The van der Waals surface area contributed by atoms with Crippen LogP contribution in [0.3, 0.4) is 0 Å². The van der Waals surface area contributed by atoms with Gasteiger partial charge in [0.05, 0.1) is 11.4 Å². The Bertz CT molecular complexity index is 777. The number of benzene rings is 1. The molecule has 0 radical (unpaired) electrons. The zero-order chi connectivity index (χ0) is 19.2. The van der Waals surface area contributed by atoms with Gasteiger partial charge in [-0.15, -0.1) is 24.0 Å². The molecule has 0 heterocycles. The number of halogens is 1. The number of sulfone groups is 1. The molecule has 0 unspecified atom stereocenters. The summed E-state index contributed by atoms with van der Waals surface area (Å²) in [7, 11) is -3.21. The minimum absolute atomic E-state index is 0. The summed E-state index contributed by atoms with van der Waals surface area (Å²) >= 11 is 0. The summed E-state index contributed by atoms with van der Waals surface area (Å²) in [4.78, 5) is 16.5. The van der Waals surface area contributed by atoms with E-state index < -0.39 is 9.84 Å². The highest BCUT2D eigenvalue weighted by molar-refractivity contribution is 14.0. The van der Waals surface area contributed by atoms with Gasteiger partial charge < -0.3 is 16.0 Å². The summed E-state index contributed by atoms with van der Waals surface area (Å²) in [5.74, 6) is 1.02. The molecule has 1 aromatic carbocycles. The van der Waals surface area contributed by atoms with Gasteiger partial charge in [-0.05, 0) is 43.9 Å². The van der Waals surface area contributed by atoms with E-state index in [-0.39, 0.29) is 35.8 Å². The molecule has 0 bridgehead atoms. The number of nitrogens with one attached hydrogen (secondary N) is 3. The molecule has 9 heteroatoms. The van der Waals surface area contributed by atoms with E-state index in [9.17, 15) is 13.2 Å². The van der Waals surface area contributed by atoms with E-state index in [0.717, 1.165) is 30.5 Å². The molecule has 0 spiro atoms. The first-order valence-electron chi connectivity index (χ1n) is 8.90. The van der Waals surface area contributed by atoms with E-state index in [2.05, 4.69) is 20.9 Å². The molecule has 1 amide bonds. The molecule has 0 atom stereocenters. The minimum atomic E-state index is -3.21. The van der Waals surface area contributed by atoms with Gasteiger partial charge in [-0.2, -0.15) is 0 Å². The second kappa shape index (κ2) is 10.8. The van der Waals surface area contributed by atoms with Crippen molar-refractivity contribution in [3.8, 4) is 0 Å². The topological polar surface area (TPSA) is 99.7 Å². The van der Waals surface area contributed by atoms with Crippen LogP contribution in [0.25, 0.3) is 0 Å². The maximum Gasteiger partial charge on any atom is 0.223 e. The lowest BCUT2D eigenvalue weighted by Crippen LogP contribution is -2.41. The van der Waals surface area contributed by atoms with Gasteiger partial charge in [-0.25, -0.2) is 13.4 Å². The first kappa shape index (κ1) is 23.7. The maximum atomic E-state index is 11.7. The molecule has 1 fully saturated rings. The van der Waals surface area contributed by atoms with Crippen molar-refractivity contribution in [1.82, 2.24) is 16.0 Å². The predicted molar refractivity (Wildman–Crippen MR) is 118 cm³/mol. The van der Waals surface area contributed by atoms with Crippen LogP contribution in [-0.2, 0) is 21.2 Å². The molecular formula is C18H29IN4O3S. The molecule has 3 N–H and O–H groups in total. The Kier molecular flexibility index (Phi) is 9.51. The third kappa shape index (κ3) is 8.04. The van der Waals surface area contributed by atoms with E-state index >= 15 is 0 Å². The highest BCUT2D eigenvalue weighted by Gasteiger charge is 2.28. The maximum absolute atomic E-state index is 11.7. The second-order valence-corrected chi connectivity index (χ2v) is 8.54. The number of hydrogen-bond donors (Lipinski definition) is 3. The smallest absolute Gasteiger partial charge is 0.223 e. The molecule has 1 saturated carbocycles. The number of rotatable bonds is 8. The second-order valence-electron chi connectivity index (χ2n) is 6.56. The van der Waals surface area contributed by atoms with Crippen LogP contribution in [0, 0.1) is 12.8 Å². The molecule has 0 saturated heterocycles. The van der Waals surface area contributed by atoms with Crippen molar-refractivity contribution in [2.75, 3.05) is 25.9 Å². The Morgan fingerprint density at radius 3 is 2.41 bits per heavy atom. The van der Waals surface area contributed by atoms with Gasteiger partial charge in [0, 0.05) is 31.8 Å². The van der Waals surface area contributed by atoms with Crippen LogP contribution in [0.5, 0.6) is 0 Å². The lowest BCUT2D eigenvalue weighted by Gasteiger charge is -2.12. The summed E-state index contributed by atoms with van der Waals surface area (Å²) in [6, 6.07) is 5.26. The molecular weight excluding hydrogens is 479 g/mol. The molecule has 27 heavy (non-hydrogen) atoms. The molecule has 1 aliphatic rings. The van der Waals surface area contributed by atoms with Gasteiger partial charge in [-0.1, -0.05) is 12.1 Å². The SMILES string of the molecule is CCNC(=NCc1ccc(S(C)(=O)=O)c(C)c1)NCCNC(=O)C1CC1.I. The number of carbonyl (C=O) groups excluding carboxylic acids is 1. The fourth-order valence-electron chi connectivity index (χ4n) is 2.59. The zero-order valence-corrected chi connectivity index (χ0v) is 19.2. The van der Waals surface area contributed by atoms with Gasteiger partial charge >= 0.3 is 0 Å². The third-order valence-corrected chi connectivity index (χ3v) is 5.32. The van der Waals surface area contributed by atoms with Crippen molar-refractivity contribution in [2.45, 2.75) is 38.1 Å². The average molecular weight is 508 g/mol. The summed E-state index contributed by atoms with van der Waals surface area (Å²) in [5.41, 5.74) is 1.66. The van der Waals surface area contributed by atoms with Gasteiger partial charge in [0.25, 0.3) is 0 Å². The van der Waals surface area contributed by atoms with E-state index in [1.54, 1.807) is 19.1 Å². The van der Waals surface area contributed by atoms with Crippen molar-refractivity contribution < 1.29 is 13.2 Å². The van der Waals surface area contributed by atoms with Crippen LogP contribution < -0.4 is 16.0 Å². The highest BCUT2D eigenvalue weighted by Crippen LogP contribution is 2.28. The van der Waals surface area contributed by atoms with E-state index in [4.69, 9.17) is 0 Å². The van der Waals surface area contributed by atoms with Gasteiger partial charge in [0.1, 0.15) is 0 Å². The number of aliphatic imine (C=N–C) groups is 1. The van der Waals surface area contributed by atoms with E-state index in [1.807, 2.05) is 13.0 Å². The number of guanidine groups is 1. The summed E-state index contributed by atoms with van der Waals surface area (Å²) in [6.45, 7) is 6.09. The average Bonchev–Trinajstić information content (AvgIpc) is 3.40. The van der Waals surface area contributed by atoms with E-state index in [1.165, 1.54) is 6.26 Å². The van der Waals surface area contributed by atoms with Gasteiger partial charge in [0.15, 0.2) is 15.8 Å². The van der Waals surface area contributed by atoms with Crippen LogP contribution in [0.1, 0.15) is 30.9 Å². The molecule has 1 aromatic rings. The number of carbonyl (C=O) groups is 1. The molecule has 0 aromatic heterocycles. The lowest BCUT2D eigenvalue weighted by molar-refractivity contribution is -0.122. The number of aryl methyl sites for hydroxylation is 1. The van der Waals surface area contributed by atoms with Crippen molar-refractivity contribution >= 4 is 45.7 Å². The van der Waals surface area contributed by atoms with Crippen LogP contribution in [-0.4, -0.2) is 46.2 Å². The van der Waals surface area contributed by atoms with Gasteiger partial charge in [0.2, 0.25) is 5.91 Å².